The Labute approximate surface area is 139 Å². The van der Waals surface area contributed by atoms with Crippen molar-refractivity contribution in [3.8, 4) is 0 Å². The Balaban J connectivity index is 0.00000180. The van der Waals surface area contributed by atoms with Crippen LogP contribution in [0.4, 0.5) is 0 Å². The van der Waals surface area contributed by atoms with Crippen LogP contribution in [-0.2, 0) is 11.3 Å². The van der Waals surface area contributed by atoms with E-state index in [9.17, 15) is 0 Å². The Morgan fingerprint density at radius 2 is 2.00 bits per heavy atom. The highest BCUT2D eigenvalue weighted by Gasteiger charge is 2.12. The van der Waals surface area contributed by atoms with Crippen LogP contribution in [0.15, 0.2) is 23.2 Å². The third-order valence-electron chi connectivity index (χ3n) is 2.76. The lowest BCUT2D eigenvalue weighted by Crippen LogP contribution is -2.44. The quantitative estimate of drug-likeness (QED) is 0.459. The van der Waals surface area contributed by atoms with E-state index in [1.54, 1.807) is 12.1 Å². The maximum atomic E-state index is 6.07. The molecule has 1 aliphatic rings. The molecular weight excluding hydrogens is 400 g/mol. The van der Waals surface area contributed by atoms with Crippen molar-refractivity contribution < 1.29 is 4.74 Å². The summed E-state index contributed by atoms with van der Waals surface area (Å²) in [6, 6.07) is 5.36. The molecule has 1 heterocycles. The van der Waals surface area contributed by atoms with Gasteiger partial charge in [0.25, 0.3) is 0 Å². The monoisotopic (exact) mass is 415 g/mol. The van der Waals surface area contributed by atoms with Gasteiger partial charge in [0.2, 0.25) is 0 Å². The number of rotatable bonds is 2. The molecule has 7 heteroatoms. The van der Waals surface area contributed by atoms with Crippen molar-refractivity contribution >= 4 is 53.1 Å². The highest BCUT2D eigenvalue weighted by molar-refractivity contribution is 14.0. The summed E-state index contributed by atoms with van der Waals surface area (Å²) in [4.78, 5) is 6.35. The first-order valence-electron chi connectivity index (χ1n) is 5.73. The Kier molecular flexibility index (Phi) is 7.20. The second-order valence-corrected chi connectivity index (χ2v) is 4.85. The summed E-state index contributed by atoms with van der Waals surface area (Å²) in [6.07, 6.45) is 0. The summed E-state index contributed by atoms with van der Waals surface area (Å²) in [7, 11) is 0. The fourth-order valence-electron chi connectivity index (χ4n) is 1.71. The standard InChI is InChI=1S/C12H15Cl2N3O.HI/c13-10-2-1-9(11(14)7-10)8-16-12(15)17-3-5-18-6-4-17;/h1-2,7H,3-6,8H2,(H2,15,16);1H. The van der Waals surface area contributed by atoms with Gasteiger partial charge in [-0.3, -0.25) is 0 Å². The van der Waals surface area contributed by atoms with Crippen molar-refractivity contribution in [1.82, 2.24) is 4.90 Å². The van der Waals surface area contributed by atoms with Gasteiger partial charge in [0, 0.05) is 23.1 Å². The predicted molar refractivity (Wildman–Crippen MR) is 89.6 cm³/mol. The van der Waals surface area contributed by atoms with Crippen LogP contribution in [0.2, 0.25) is 10.0 Å². The zero-order valence-electron chi connectivity index (χ0n) is 10.3. The molecule has 4 nitrogen and oxygen atoms in total. The van der Waals surface area contributed by atoms with E-state index in [4.69, 9.17) is 33.7 Å². The number of benzene rings is 1. The largest absolute Gasteiger partial charge is 0.378 e. The van der Waals surface area contributed by atoms with Crippen molar-refractivity contribution in [2.45, 2.75) is 6.54 Å². The first-order chi connectivity index (χ1) is 8.66. The van der Waals surface area contributed by atoms with Gasteiger partial charge in [-0.05, 0) is 17.7 Å². The molecule has 0 radical (unpaired) electrons. The molecule has 0 aliphatic carbocycles. The van der Waals surface area contributed by atoms with E-state index in [1.165, 1.54) is 0 Å². The molecule has 0 amide bonds. The van der Waals surface area contributed by atoms with E-state index in [2.05, 4.69) is 4.99 Å². The van der Waals surface area contributed by atoms with Gasteiger partial charge in [0.15, 0.2) is 5.96 Å². The van der Waals surface area contributed by atoms with Gasteiger partial charge in [0.1, 0.15) is 0 Å². The third-order valence-corrected chi connectivity index (χ3v) is 3.35. The molecule has 1 aliphatic heterocycles. The zero-order valence-corrected chi connectivity index (χ0v) is 14.2. The van der Waals surface area contributed by atoms with Gasteiger partial charge in [-0.15, -0.1) is 24.0 Å². The number of aliphatic imine (C=N–C) groups is 1. The summed E-state index contributed by atoms with van der Waals surface area (Å²) in [5.41, 5.74) is 6.84. The maximum Gasteiger partial charge on any atom is 0.191 e. The molecule has 106 valence electrons. The summed E-state index contributed by atoms with van der Waals surface area (Å²) in [5.74, 6) is 0.532. The SMILES string of the molecule is I.NC(=NCc1ccc(Cl)cc1Cl)N1CCOCC1. The van der Waals surface area contributed by atoms with Crippen molar-refractivity contribution in [1.29, 1.82) is 0 Å². The van der Waals surface area contributed by atoms with Crippen LogP contribution in [-0.4, -0.2) is 37.2 Å². The van der Waals surface area contributed by atoms with Crippen molar-refractivity contribution in [3.05, 3.63) is 33.8 Å². The zero-order chi connectivity index (χ0) is 13.0. The number of ether oxygens (including phenoxy) is 1. The third kappa shape index (κ3) is 4.98. The minimum Gasteiger partial charge on any atom is -0.378 e. The number of guanidine groups is 1. The molecule has 1 aromatic rings. The second kappa shape index (κ2) is 8.14. The van der Waals surface area contributed by atoms with Crippen LogP contribution < -0.4 is 5.73 Å². The van der Waals surface area contributed by atoms with E-state index in [-0.39, 0.29) is 24.0 Å². The van der Waals surface area contributed by atoms with E-state index < -0.39 is 0 Å². The highest BCUT2D eigenvalue weighted by Crippen LogP contribution is 2.21. The Morgan fingerprint density at radius 3 is 2.63 bits per heavy atom. The van der Waals surface area contributed by atoms with Crippen LogP contribution in [0.1, 0.15) is 5.56 Å². The Bertz CT molecular complexity index is 451. The molecule has 0 atom stereocenters. The normalized spacial score (nSPS) is 16.1. The molecule has 0 aromatic heterocycles. The Morgan fingerprint density at radius 1 is 1.32 bits per heavy atom. The summed E-state index contributed by atoms with van der Waals surface area (Å²) in [5, 5.41) is 1.23. The second-order valence-electron chi connectivity index (χ2n) is 4.01. The molecule has 0 saturated carbocycles. The van der Waals surface area contributed by atoms with Gasteiger partial charge in [0.05, 0.1) is 19.8 Å². The lowest BCUT2D eigenvalue weighted by Gasteiger charge is -2.27. The molecular formula is C12H16Cl2IN3O. The van der Waals surface area contributed by atoms with Crippen LogP contribution in [0.3, 0.4) is 0 Å². The van der Waals surface area contributed by atoms with Crippen LogP contribution >= 0.6 is 47.2 Å². The molecule has 2 rings (SSSR count). The summed E-state index contributed by atoms with van der Waals surface area (Å²) < 4.78 is 5.26. The number of halogens is 3. The number of hydrogen-bond donors (Lipinski definition) is 1. The predicted octanol–water partition coefficient (Wildman–Crippen LogP) is 2.76. The molecule has 19 heavy (non-hydrogen) atoms. The fraction of sp³-hybridized carbons (Fsp3) is 0.417. The highest BCUT2D eigenvalue weighted by atomic mass is 127. The topological polar surface area (TPSA) is 50.8 Å². The number of nitrogens with two attached hydrogens (primary N) is 1. The average Bonchev–Trinajstić information content (AvgIpc) is 2.38. The summed E-state index contributed by atoms with van der Waals surface area (Å²) in [6.45, 7) is 3.41. The van der Waals surface area contributed by atoms with E-state index in [0.29, 0.717) is 35.8 Å². The van der Waals surface area contributed by atoms with Crippen LogP contribution in [0.25, 0.3) is 0 Å². The number of hydrogen-bond acceptors (Lipinski definition) is 2. The summed E-state index contributed by atoms with van der Waals surface area (Å²) >= 11 is 11.9. The van der Waals surface area contributed by atoms with Crippen LogP contribution in [0, 0.1) is 0 Å². The first-order valence-corrected chi connectivity index (χ1v) is 6.49. The van der Waals surface area contributed by atoms with Crippen LogP contribution in [0.5, 0.6) is 0 Å². The maximum absolute atomic E-state index is 6.07. The Hall–Kier alpha value is -0.240. The average molecular weight is 416 g/mol. The smallest absolute Gasteiger partial charge is 0.191 e. The first kappa shape index (κ1) is 16.8. The van der Waals surface area contributed by atoms with E-state index in [0.717, 1.165) is 18.7 Å². The molecule has 0 unspecified atom stereocenters. The number of nitrogens with zero attached hydrogens (tertiary/aromatic N) is 2. The molecule has 0 bridgehead atoms. The molecule has 2 N–H and O–H groups in total. The molecule has 1 fully saturated rings. The fourth-order valence-corrected chi connectivity index (χ4v) is 2.18. The minimum atomic E-state index is 0. The number of morpholine rings is 1. The molecule has 1 saturated heterocycles. The van der Waals surface area contributed by atoms with Crippen molar-refractivity contribution in [3.63, 3.8) is 0 Å². The molecule has 0 spiro atoms. The van der Waals surface area contributed by atoms with Crippen molar-refractivity contribution in [2.75, 3.05) is 26.3 Å². The van der Waals surface area contributed by atoms with E-state index >= 15 is 0 Å². The molecule has 1 aromatic carbocycles. The van der Waals surface area contributed by atoms with Gasteiger partial charge < -0.3 is 15.4 Å². The van der Waals surface area contributed by atoms with Gasteiger partial charge >= 0.3 is 0 Å². The minimum absolute atomic E-state index is 0. The van der Waals surface area contributed by atoms with Crippen molar-refractivity contribution in [2.24, 2.45) is 10.7 Å². The van der Waals surface area contributed by atoms with Gasteiger partial charge in [-0.2, -0.15) is 0 Å². The lowest BCUT2D eigenvalue weighted by atomic mass is 10.2. The van der Waals surface area contributed by atoms with E-state index in [1.807, 2.05) is 11.0 Å². The van der Waals surface area contributed by atoms with Gasteiger partial charge in [-0.1, -0.05) is 29.3 Å². The lowest BCUT2D eigenvalue weighted by molar-refractivity contribution is 0.0674. The van der Waals surface area contributed by atoms with Gasteiger partial charge in [-0.25, -0.2) is 4.99 Å².